The Labute approximate surface area is 139 Å². The number of aromatic amines is 1. The number of H-pyrrole nitrogens is 1. The summed E-state index contributed by atoms with van der Waals surface area (Å²) in [6, 6.07) is 7.40. The van der Waals surface area contributed by atoms with E-state index in [1.54, 1.807) is 4.90 Å². The molecule has 1 fully saturated rings. The van der Waals surface area contributed by atoms with Gasteiger partial charge in [-0.1, -0.05) is 12.1 Å². The number of aromatic nitrogens is 2. The van der Waals surface area contributed by atoms with Crippen molar-refractivity contribution in [3.05, 3.63) is 41.2 Å². The third-order valence-corrected chi connectivity index (χ3v) is 4.54. The topological polar surface area (TPSA) is 90.1 Å². The van der Waals surface area contributed by atoms with Crippen LogP contribution in [0.3, 0.4) is 0 Å². The van der Waals surface area contributed by atoms with Crippen molar-refractivity contribution in [2.45, 2.75) is 25.8 Å². The largest absolute Gasteiger partial charge is 0.319 e. The van der Waals surface area contributed by atoms with E-state index in [1.165, 1.54) is 0 Å². The molecule has 3 N–H and O–H groups in total. The predicted molar refractivity (Wildman–Crippen MR) is 90.0 cm³/mol. The lowest BCUT2D eigenvalue weighted by Crippen LogP contribution is -2.27. The number of para-hydroxylation sites is 2. The smallest absolute Gasteiger partial charge is 0.276 e. The van der Waals surface area contributed by atoms with Crippen molar-refractivity contribution in [2.24, 2.45) is 0 Å². The number of amides is 2. The van der Waals surface area contributed by atoms with Crippen LogP contribution in [0, 0.1) is 0 Å². The molecule has 3 heterocycles. The zero-order valence-electron chi connectivity index (χ0n) is 13.3. The molecule has 0 bridgehead atoms. The Morgan fingerprint density at radius 2 is 2.12 bits per heavy atom. The number of fused-ring (bicyclic) bond motifs is 1. The van der Waals surface area contributed by atoms with Crippen LogP contribution in [0.5, 0.6) is 0 Å². The van der Waals surface area contributed by atoms with Crippen molar-refractivity contribution >= 4 is 23.2 Å². The molecule has 0 unspecified atom stereocenters. The minimum absolute atomic E-state index is 0.0954. The van der Waals surface area contributed by atoms with E-state index in [2.05, 4.69) is 20.8 Å². The first-order valence-corrected chi connectivity index (χ1v) is 8.21. The lowest BCUT2D eigenvalue weighted by molar-refractivity contribution is -0.117. The molecular formula is C17H19N5O2. The molecule has 1 aromatic carbocycles. The zero-order chi connectivity index (χ0) is 16.5. The molecule has 0 radical (unpaired) electrons. The molecule has 1 aromatic heterocycles. The maximum absolute atomic E-state index is 12.7. The lowest BCUT2D eigenvalue weighted by atomic mass is 10.1. The average molecular weight is 325 g/mol. The fraction of sp³-hybridized carbons (Fsp3) is 0.353. The van der Waals surface area contributed by atoms with Crippen LogP contribution < -0.4 is 15.5 Å². The number of benzene rings is 1. The standard InChI is InChI=1S/C17H19N5O2/c23-15-6-3-9-22(15)14-5-2-1-4-13(14)19-17(24)16-11-10-18-8-7-12(11)20-21-16/h1-2,4-5,18H,3,6-10H2,(H,19,24)(H,20,21). The number of hydrogen-bond donors (Lipinski definition) is 3. The number of carbonyl (C=O) groups is 2. The van der Waals surface area contributed by atoms with E-state index in [1.807, 2.05) is 24.3 Å². The Kier molecular flexibility index (Phi) is 3.78. The van der Waals surface area contributed by atoms with Gasteiger partial charge in [-0.3, -0.25) is 14.7 Å². The Balaban J connectivity index is 1.61. The second-order valence-corrected chi connectivity index (χ2v) is 6.08. The van der Waals surface area contributed by atoms with Gasteiger partial charge in [0.25, 0.3) is 5.91 Å². The Bertz CT molecular complexity index is 798. The van der Waals surface area contributed by atoms with E-state index < -0.39 is 0 Å². The van der Waals surface area contributed by atoms with Gasteiger partial charge < -0.3 is 15.5 Å². The number of carbonyl (C=O) groups excluding carboxylic acids is 2. The molecule has 7 heteroatoms. The summed E-state index contributed by atoms with van der Waals surface area (Å²) in [5, 5.41) is 13.3. The normalized spacial score (nSPS) is 17.0. The molecule has 0 aliphatic carbocycles. The molecule has 0 saturated carbocycles. The van der Waals surface area contributed by atoms with Gasteiger partial charge in [-0.15, -0.1) is 0 Å². The maximum atomic E-state index is 12.7. The van der Waals surface area contributed by atoms with E-state index in [4.69, 9.17) is 0 Å². The van der Waals surface area contributed by atoms with Crippen molar-refractivity contribution in [2.75, 3.05) is 23.3 Å². The van der Waals surface area contributed by atoms with Crippen LogP contribution >= 0.6 is 0 Å². The van der Waals surface area contributed by atoms with Gasteiger partial charge in [0.05, 0.1) is 11.4 Å². The fourth-order valence-corrected chi connectivity index (χ4v) is 3.31. The third-order valence-electron chi connectivity index (χ3n) is 4.54. The summed E-state index contributed by atoms with van der Waals surface area (Å²) >= 11 is 0. The van der Waals surface area contributed by atoms with Gasteiger partial charge in [-0.2, -0.15) is 5.10 Å². The van der Waals surface area contributed by atoms with Gasteiger partial charge in [0.1, 0.15) is 0 Å². The van der Waals surface area contributed by atoms with E-state index >= 15 is 0 Å². The summed E-state index contributed by atoms with van der Waals surface area (Å²) in [7, 11) is 0. The van der Waals surface area contributed by atoms with Crippen molar-refractivity contribution in [1.82, 2.24) is 15.5 Å². The second kappa shape index (κ2) is 6.09. The molecule has 0 atom stereocenters. The summed E-state index contributed by atoms with van der Waals surface area (Å²) in [6.07, 6.45) is 2.25. The van der Waals surface area contributed by atoms with E-state index in [9.17, 15) is 9.59 Å². The maximum Gasteiger partial charge on any atom is 0.276 e. The Morgan fingerprint density at radius 3 is 2.96 bits per heavy atom. The Morgan fingerprint density at radius 1 is 1.25 bits per heavy atom. The van der Waals surface area contributed by atoms with Gasteiger partial charge >= 0.3 is 0 Å². The highest BCUT2D eigenvalue weighted by Crippen LogP contribution is 2.30. The minimum Gasteiger partial charge on any atom is -0.319 e. The summed E-state index contributed by atoms with van der Waals surface area (Å²) in [6.45, 7) is 2.21. The fourth-order valence-electron chi connectivity index (χ4n) is 3.31. The highest BCUT2D eigenvalue weighted by atomic mass is 16.2. The van der Waals surface area contributed by atoms with Crippen molar-refractivity contribution in [3.8, 4) is 0 Å². The molecule has 2 aliphatic rings. The first kappa shape index (κ1) is 14.9. The van der Waals surface area contributed by atoms with Crippen molar-refractivity contribution in [3.63, 3.8) is 0 Å². The molecule has 124 valence electrons. The first-order chi connectivity index (χ1) is 11.7. The monoisotopic (exact) mass is 325 g/mol. The van der Waals surface area contributed by atoms with E-state index in [-0.39, 0.29) is 11.8 Å². The summed E-state index contributed by atoms with van der Waals surface area (Å²) in [5.74, 6) is -0.159. The number of anilines is 2. The molecular weight excluding hydrogens is 306 g/mol. The molecule has 7 nitrogen and oxygen atoms in total. The number of nitrogens with one attached hydrogen (secondary N) is 3. The molecule has 24 heavy (non-hydrogen) atoms. The van der Waals surface area contributed by atoms with Gasteiger partial charge in [0, 0.05) is 43.7 Å². The number of rotatable bonds is 3. The highest BCUT2D eigenvalue weighted by Gasteiger charge is 2.26. The zero-order valence-corrected chi connectivity index (χ0v) is 13.3. The SMILES string of the molecule is O=C(Nc1ccccc1N1CCCC1=O)c1n[nH]c2c1CNCC2. The summed E-state index contributed by atoms with van der Waals surface area (Å²) in [4.78, 5) is 26.4. The molecule has 4 rings (SSSR count). The summed E-state index contributed by atoms with van der Waals surface area (Å²) in [5.41, 5.74) is 3.74. The van der Waals surface area contributed by atoms with E-state index in [0.717, 1.165) is 36.3 Å². The van der Waals surface area contributed by atoms with Crippen LogP contribution in [0.4, 0.5) is 11.4 Å². The van der Waals surface area contributed by atoms with Crippen LogP contribution in [0.1, 0.15) is 34.6 Å². The van der Waals surface area contributed by atoms with Gasteiger partial charge in [0.15, 0.2) is 5.69 Å². The van der Waals surface area contributed by atoms with Crippen LogP contribution in [0.25, 0.3) is 0 Å². The molecule has 2 amide bonds. The molecule has 2 aliphatic heterocycles. The first-order valence-electron chi connectivity index (χ1n) is 8.21. The molecule has 2 aromatic rings. The van der Waals surface area contributed by atoms with Gasteiger partial charge in [-0.25, -0.2) is 0 Å². The third kappa shape index (κ3) is 2.56. The van der Waals surface area contributed by atoms with Gasteiger partial charge in [-0.05, 0) is 18.6 Å². The second-order valence-electron chi connectivity index (χ2n) is 6.08. The van der Waals surface area contributed by atoms with E-state index in [0.29, 0.717) is 30.9 Å². The van der Waals surface area contributed by atoms with Crippen LogP contribution in [-0.2, 0) is 17.8 Å². The van der Waals surface area contributed by atoms with Crippen LogP contribution in [0.2, 0.25) is 0 Å². The lowest BCUT2D eigenvalue weighted by Gasteiger charge is -2.20. The minimum atomic E-state index is -0.254. The molecule has 0 spiro atoms. The summed E-state index contributed by atoms with van der Waals surface area (Å²) < 4.78 is 0. The Hall–Kier alpha value is -2.67. The predicted octanol–water partition coefficient (Wildman–Crippen LogP) is 1.43. The number of nitrogens with zero attached hydrogens (tertiary/aromatic N) is 2. The number of hydrogen-bond acceptors (Lipinski definition) is 4. The quantitative estimate of drug-likeness (QED) is 0.796. The van der Waals surface area contributed by atoms with Crippen molar-refractivity contribution in [1.29, 1.82) is 0 Å². The van der Waals surface area contributed by atoms with Crippen molar-refractivity contribution < 1.29 is 9.59 Å². The highest BCUT2D eigenvalue weighted by molar-refractivity contribution is 6.07. The van der Waals surface area contributed by atoms with Gasteiger partial charge in [0.2, 0.25) is 5.91 Å². The molecule has 1 saturated heterocycles. The van der Waals surface area contributed by atoms with Crippen LogP contribution in [0.15, 0.2) is 24.3 Å². The average Bonchev–Trinajstić information content (AvgIpc) is 3.21. The van der Waals surface area contributed by atoms with Crippen LogP contribution in [-0.4, -0.2) is 35.1 Å².